The molecule has 3 rings (SSSR count). The van der Waals surface area contributed by atoms with Gasteiger partial charge in [0.2, 0.25) is 0 Å². The van der Waals surface area contributed by atoms with E-state index in [1.807, 2.05) is 0 Å². The molecule has 0 bridgehead atoms. The number of pyridine rings is 1. The first-order valence-corrected chi connectivity index (χ1v) is 11.1. The number of nitrogens with zero attached hydrogens (tertiary/aromatic N) is 2. The molecule has 6 nitrogen and oxygen atoms in total. The average molecular weight is 416 g/mol. The van der Waals surface area contributed by atoms with Crippen LogP contribution in [0.25, 0.3) is 10.9 Å². The molecule has 1 aromatic carbocycles. The van der Waals surface area contributed by atoms with Gasteiger partial charge in [0.05, 0.1) is 11.1 Å². The zero-order chi connectivity index (χ0) is 21.5. The Morgan fingerprint density at radius 1 is 1.30 bits per heavy atom. The largest absolute Gasteiger partial charge is 0.383 e. The molecule has 1 fully saturated rings. The zero-order valence-corrected chi connectivity index (χ0v) is 18.0. The van der Waals surface area contributed by atoms with E-state index in [4.69, 9.17) is 5.73 Å². The number of nitrogens with two attached hydrogens (primary N) is 1. The van der Waals surface area contributed by atoms with Crippen LogP contribution in [0.1, 0.15) is 64.4 Å². The fourth-order valence-electron chi connectivity index (χ4n) is 4.12. The summed E-state index contributed by atoms with van der Waals surface area (Å²) in [6.45, 7) is 4.48. The summed E-state index contributed by atoms with van der Waals surface area (Å²) in [5.74, 6) is 0.448. The Labute approximate surface area is 178 Å². The van der Waals surface area contributed by atoms with Crippen molar-refractivity contribution in [1.82, 2.24) is 10.3 Å². The molecule has 0 spiro atoms. The molecule has 2 atom stereocenters. The lowest BCUT2D eigenvalue weighted by Gasteiger charge is -2.28. The summed E-state index contributed by atoms with van der Waals surface area (Å²) in [7, 11) is 0. The van der Waals surface area contributed by atoms with Crippen molar-refractivity contribution in [3.05, 3.63) is 35.6 Å². The summed E-state index contributed by atoms with van der Waals surface area (Å²) in [6, 6.07) is 7.32. The number of aliphatic hydroxyl groups is 1. The minimum absolute atomic E-state index is 0.179. The maximum absolute atomic E-state index is 13.7. The number of nitrogens with one attached hydrogen (secondary N) is 2. The highest BCUT2D eigenvalue weighted by Gasteiger charge is 2.17. The van der Waals surface area contributed by atoms with Crippen LogP contribution in [0.4, 0.5) is 10.2 Å². The van der Waals surface area contributed by atoms with E-state index in [0.717, 1.165) is 19.4 Å². The molecule has 1 saturated carbocycles. The Bertz CT molecular complexity index is 864. The predicted molar refractivity (Wildman–Crippen MR) is 121 cm³/mol. The molecule has 0 radical (unpaired) electrons. The van der Waals surface area contributed by atoms with E-state index in [1.165, 1.54) is 51.2 Å². The van der Waals surface area contributed by atoms with Gasteiger partial charge in [0.1, 0.15) is 23.7 Å². The summed E-state index contributed by atoms with van der Waals surface area (Å²) in [5.41, 5.74) is 7.36. The molecular formula is C23H34FN5O. The minimum atomic E-state index is -0.926. The van der Waals surface area contributed by atoms with E-state index < -0.39 is 6.23 Å². The summed E-state index contributed by atoms with van der Waals surface area (Å²) in [6.07, 6.45) is 7.63. The SMILES string of the molecule is CCC(CCNc1nc2ccc(F)cc2cc1/C(N)=N/C(C)O)NC1CCCCC1. The van der Waals surface area contributed by atoms with Gasteiger partial charge in [-0.15, -0.1) is 0 Å². The van der Waals surface area contributed by atoms with Crippen molar-refractivity contribution in [2.45, 2.75) is 77.1 Å². The number of benzene rings is 1. The Hall–Kier alpha value is -2.25. The number of fused-ring (bicyclic) bond motifs is 1. The van der Waals surface area contributed by atoms with E-state index in [9.17, 15) is 9.50 Å². The van der Waals surface area contributed by atoms with Gasteiger partial charge in [-0.05, 0) is 56.9 Å². The van der Waals surface area contributed by atoms with Gasteiger partial charge in [-0.2, -0.15) is 0 Å². The second-order valence-corrected chi connectivity index (χ2v) is 8.19. The molecule has 2 unspecified atom stereocenters. The van der Waals surface area contributed by atoms with Gasteiger partial charge in [0, 0.05) is 24.0 Å². The zero-order valence-electron chi connectivity index (χ0n) is 18.0. The molecule has 2 aromatic rings. The van der Waals surface area contributed by atoms with Crippen molar-refractivity contribution in [2.24, 2.45) is 10.7 Å². The molecule has 0 amide bonds. The van der Waals surface area contributed by atoms with E-state index in [0.29, 0.717) is 34.4 Å². The van der Waals surface area contributed by atoms with Gasteiger partial charge < -0.3 is 21.5 Å². The number of hydrogen-bond acceptors (Lipinski definition) is 5. The Balaban J connectivity index is 1.73. The molecule has 1 heterocycles. The third-order valence-electron chi connectivity index (χ3n) is 5.73. The van der Waals surface area contributed by atoms with Crippen molar-refractivity contribution < 1.29 is 9.50 Å². The van der Waals surface area contributed by atoms with E-state index >= 15 is 0 Å². The molecular weight excluding hydrogens is 381 g/mol. The minimum Gasteiger partial charge on any atom is -0.383 e. The highest BCUT2D eigenvalue weighted by molar-refractivity contribution is 6.04. The number of rotatable bonds is 9. The third-order valence-corrected chi connectivity index (χ3v) is 5.73. The topological polar surface area (TPSA) is 95.6 Å². The van der Waals surface area contributed by atoms with Gasteiger partial charge >= 0.3 is 0 Å². The van der Waals surface area contributed by atoms with E-state index in [2.05, 4.69) is 27.5 Å². The normalized spacial score (nSPS) is 17.8. The Morgan fingerprint density at radius 3 is 2.77 bits per heavy atom. The fraction of sp³-hybridized carbons (Fsp3) is 0.565. The van der Waals surface area contributed by atoms with Gasteiger partial charge in [-0.1, -0.05) is 26.2 Å². The lowest BCUT2D eigenvalue weighted by Crippen LogP contribution is -2.40. The molecule has 1 aliphatic rings. The van der Waals surface area contributed by atoms with E-state index in [1.54, 1.807) is 12.1 Å². The number of aromatic nitrogens is 1. The fourth-order valence-corrected chi connectivity index (χ4v) is 4.12. The van der Waals surface area contributed by atoms with Crippen LogP contribution in [-0.4, -0.2) is 40.8 Å². The van der Waals surface area contributed by atoms with Crippen LogP contribution >= 0.6 is 0 Å². The first-order valence-electron chi connectivity index (χ1n) is 11.1. The first-order chi connectivity index (χ1) is 14.5. The number of halogens is 1. The van der Waals surface area contributed by atoms with Crippen molar-refractivity contribution in [2.75, 3.05) is 11.9 Å². The van der Waals surface area contributed by atoms with Gasteiger partial charge in [0.25, 0.3) is 0 Å². The number of amidine groups is 1. The second kappa shape index (κ2) is 10.7. The van der Waals surface area contributed by atoms with Crippen molar-refractivity contribution in [3.63, 3.8) is 0 Å². The van der Waals surface area contributed by atoms with Crippen LogP contribution in [0.3, 0.4) is 0 Å². The van der Waals surface area contributed by atoms with Crippen LogP contribution in [-0.2, 0) is 0 Å². The smallest absolute Gasteiger partial charge is 0.144 e. The standard InChI is InChI=1S/C23H34FN5O/c1-3-18(28-19-7-5-4-6-8-19)11-12-26-23-20(22(25)27-15(2)30)14-16-13-17(24)9-10-21(16)29-23/h9-10,13-15,18-19,28,30H,3-8,11-12H2,1-2H3,(H2,25,27)(H,26,29). The number of aliphatic hydroxyl groups excluding tert-OH is 1. The van der Waals surface area contributed by atoms with Crippen LogP contribution in [0.15, 0.2) is 29.3 Å². The summed E-state index contributed by atoms with van der Waals surface area (Å²) in [4.78, 5) is 8.68. The maximum Gasteiger partial charge on any atom is 0.144 e. The van der Waals surface area contributed by atoms with Crippen LogP contribution in [0.2, 0.25) is 0 Å². The third kappa shape index (κ3) is 6.12. The molecule has 5 N–H and O–H groups in total. The number of hydrogen-bond donors (Lipinski definition) is 4. The molecule has 0 aliphatic heterocycles. The van der Waals surface area contributed by atoms with Gasteiger partial charge in [-0.3, -0.25) is 0 Å². The average Bonchev–Trinajstić information content (AvgIpc) is 2.72. The summed E-state index contributed by atoms with van der Waals surface area (Å²) < 4.78 is 13.7. The monoisotopic (exact) mass is 415 g/mol. The molecule has 1 aliphatic carbocycles. The number of anilines is 1. The summed E-state index contributed by atoms with van der Waals surface area (Å²) >= 11 is 0. The Kier molecular flexibility index (Phi) is 7.99. The quantitative estimate of drug-likeness (QED) is 0.368. The number of aliphatic imine (C=N–C) groups is 1. The van der Waals surface area contributed by atoms with Crippen LogP contribution in [0, 0.1) is 5.82 Å². The van der Waals surface area contributed by atoms with E-state index in [-0.39, 0.29) is 11.7 Å². The van der Waals surface area contributed by atoms with Crippen LogP contribution in [0.5, 0.6) is 0 Å². The highest BCUT2D eigenvalue weighted by Crippen LogP contribution is 2.22. The van der Waals surface area contributed by atoms with Gasteiger partial charge in [0.15, 0.2) is 0 Å². The predicted octanol–water partition coefficient (Wildman–Crippen LogP) is 3.92. The van der Waals surface area contributed by atoms with Crippen molar-refractivity contribution in [3.8, 4) is 0 Å². The Morgan fingerprint density at radius 2 is 2.07 bits per heavy atom. The second-order valence-electron chi connectivity index (χ2n) is 8.19. The molecule has 1 aromatic heterocycles. The molecule has 164 valence electrons. The lowest BCUT2D eigenvalue weighted by molar-refractivity contribution is 0.205. The van der Waals surface area contributed by atoms with Crippen molar-refractivity contribution >= 4 is 22.6 Å². The highest BCUT2D eigenvalue weighted by atomic mass is 19.1. The summed E-state index contributed by atoms with van der Waals surface area (Å²) in [5, 5.41) is 17.4. The molecule has 30 heavy (non-hydrogen) atoms. The van der Waals surface area contributed by atoms with Gasteiger partial charge in [-0.25, -0.2) is 14.4 Å². The first kappa shape index (κ1) is 22.4. The lowest BCUT2D eigenvalue weighted by atomic mass is 9.94. The molecule has 0 saturated heterocycles. The molecule has 7 heteroatoms. The van der Waals surface area contributed by atoms with Crippen molar-refractivity contribution in [1.29, 1.82) is 0 Å². The van der Waals surface area contributed by atoms with Crippen LogP contribution < -0.4 is 16.4 Å². The maximum atomic E-state index is 13.7.